The highest BCUT2D eigenvalue weighted by Gasteiger charge is 2.40. The lowest BCUT2D eigenvalue weighted by molar-refractivity contribution is -0.138. The standard InChI is InChI=1S/C42H54ClN5O5/c1-42(2,3)53-41(51)48-28-32-8-5-4-7-31(32)26-38(48)39(49)44-36(25-29-11-14-33(43)15-12-29)40(50)47-19-17-46(18-20-47)37-10-6-9-30-13-16-34(27-35(30)37)45-21-23-52-24-22-45/h4,6-7,9-12,14-15,34,36,38H,5,8,13,16-28H2,1-3H3,(H,44,49)/t34?,36-,38-/m1/s1. The second-order valence-electron chi connectivity index (χ2n) is 16.1. The Hall–Kier alpha value is -3.86. The zero-order valence-electron chi connectivity index (χ0n) is 31.4. The average Bonchev–Trinajstić information content (AvgIpc) is 3.17. The summed E-state index contributed by atoms with van der Waals surface area (Å²) in [4.78, 5) is 50.7. The number of morpholine rings is 1. The van der Waals surface area contributed by atoms with Crippen molar-refractivity contribution in [2.45, 2.75) is 89.4 Å². The van der Waals surface area contributed by atoms with Crippen LogP contribution in [0.4, 0.5) is 10.5 Å². The third kappa shape index (κ3) is 8.93. The summed E-state index contributed by atoms with van der Waals surface area (Å²) in [7, 11) is 0. The largest absolute Gasteiger partial charge is 0.444 e. The number of halogens is 1. The van der Waals surface area contributed by atoms with E-state index in [1.54, 1.807) is 17.0 Å². The van der Waals surface area contributed by atoms with E-state index >= 15 is 0 Å². The van der Waals surface area contributed by atoms with Crippen molar-refractivity contribution in [3.05, 3.63) is 87.5 Å². The summed E-state index contributed by atoms with van der Waals surface area (Å²) < 4.78 is 11.4. The summed E-state index contributed by atoms with van der Waals surface area (Å²) in [6.07, 6.45) is 9.42. The van der Waals surface area contributed by atoms with Crippen molar-refractivity contribution in [2.75, 3.05) is 63.9 Å². The van der Waals surface area contributed by atoms with E-state index in [1.165, 1.54) is 23.2 Å². The number of hydrogen-bond donors (Lipinski definition) is 1. The Kier molecular flexibility index (Phi) is 11.5. The van der Waals surface area contributed by atoms with Crippen LogP contribution in [0.25, 0.3) is 0 Å². The van der Waals surface area contributed by atoms with Crippen LogP contribution in [0, 0.1) is 0 Å². The van der Waals surface area contributed by atoms with Gasteiger partial charge in [-0.25, -0.2) is 4.79 Å². The van der Waals surface area contributed by atoms with Crippen molar-refractivity contribution in [1.29, 1.82) is 0 Å². The Balaban J connectivity index is 1.07. The number of nitrogens with zero attached hydrogens (tertiary/aromatic N) is 4. The molecule has 1 N–H and O–H groups in total. The second-order valence-corrected chi connectivity index (χ2v) is 16.5. The van der Waals surface area contributed by atoms with Gasteiger partial charge in [0.2, 0.25) is 11.8 Å². The fraction of sp³-hybridized carbons (Fsp3) is 0.548. The zero-order valence-corrected chi connectivity index (χ0v) is 32.2. The smallest absolute Gasteiger partial charge is 0.411 e. The number of fused-ring (bicyclic) bond motifs is 1. The number of carbonyl (C=O) groups excluding carboxylic acids is 3. The molecule has 3 heterocycles. The van der Waals surface area contributed by atoms with E-state index in [1.807, 2.05) is 37.8 Å². The van der Waals surface area contributed by atoms with Crippen LogP contribution in [0.15, 0.2) is 65.8 Å². The van der Waals surface area contributed by atoms with Crippen molar-refractivity contribution in [3.63, 3.8) is 0 Å². The van der Waals surface area contributed by atoms with Gasteiger partial charge in [-0.3, -0.25) is 19.4 Å². The van der Waals surface area contributed by atoms with E-state index in [2.05, 4.69) is 45.5 Å². The first-order valence-electron chi connectivity index (χ1n) is 19.4. The normalized spacial score (nSPS) is 22.9. The van der Waals surface area contributed by atoms with E-state index in [9.17, 15) is 14.4 Å². The number of carbonyl (C=O) groups is 3. The van der Waals surface area contributed by atoms with Gasteiger partial charge in [0.05, 0.1) is 13.2 Å². The van der Waals surface area contributed by atoms with Gasteiger partial charge in [0.1, 0.15) is 17.7 Å². The number of anilines is 1. The summed E-state index contributed by atoms with van der Waals surface area (Å²) >= 11 is 6.21. The molecule has 5 aliphatic rings. The second kappa shape index (κ2) is 16.2. The number of ether oxygens (including phenoxy) is 2. The molecule has 2 aliphatic carbocycles. The molecule has 2 fully saturated rings. The quantitative estimate of drug-likeness (QED) is 0.397. The fourth-order valence-corrected chi connectivity index (χ4v) is 8.68. The molecule has 0 bridgehead atoms. The van der Waals surface area contributed by atoms with Gasteiger partial charge in [0.15, 0.2) is 0 Å². The van der Waals surface area contributed by atoms with Gasteiger partial charge in [0.25, 0.3) is 0 Å². The maximum atomic E-state index is 14.4. The van der Waals surface area contributed by atoms with Crippen molar-refractivity contribution in [3.8, 4) is 0 Å². The van der Waals surface area contributed by atoms with Gasteiger partial charge in [-0.1, -0.05) is 48.0 Å². The highest BCUT2D eigenvalue weighted by atomic mass is 35.5. The minimum Gasteiger partial charge on any atom is -0.444 e. The Morgan fingerprint density at radius 3 is 2.45 bits per heavy atom. The molecule has 0 spiro atoms. The molecule has 3 atom stereocenters. The minimum absolute atomic E-state index is 0.118. The highest BCUT2D eigenvalue weighted by molar-refractivity contribution is 6.30. The van der Waals surface area contributed by atoms with Gasteiger partial charge in [-0.05, 0) is 98.9 Å². The van der Waals surface area contributed by atoms with E-state index in [0.29, 0.717) is 56.6 Å². The summed E-state index contributed by atoms with van der Waals surface area (Å²) in [5, 5.41) is 3.73. The monoisotopic (exact) mass is 743 g/mol. The average molecular weight is 744 g/mol. The maximum Gasteiger partial charge on any atom is 0.411 e. The van der Waals surface area contributed by atoms with Crippen LogP contribution in [0.3, 0.4) is 0 Å². The summed E-state index contributed by atoms with van der Waals surface area (Å²) in [5.74, 6) is -0.467. The summed E-state index contributed by atoms with van der Waals surface area (Å²) in [6.45, 7) is 11.9. The molecular weight excluding hydrogens is 690 g/mol. The minimum atomic E-state index is -0.813. The Morgan fingerprint density at radius 1 is 0.962 bits per heavy atom. The molecule has 0 radical (unpaired) electrons. The predicted octanol–water partition coefficient (Wildman–Crippen LogP) is 5.56. The number of rotatable bonds is 7. The SMILES string of the molecule is CC(C)(C)OC(=O)N1CC2=C(C=CCC2)C[C@@H]1C(=O)N[C@H](Cc1ccc(Cl)cc1)C(=O)N1CCN(c2cccc3c2CC(N2CCOCC2)CC3)CC1. The lowest BCUT2D eigenvalue weighted by Crippen LogP contribution is -2.59. The van der Waals surface area contributed by atoms with Crippen LogP contribution in [-0.4, -0.2) is 115 Å². The van der Waals surface area contributed by atoms with Crippen molar-refractivity contribution < 1.29 is 23.9 Å². The number of allylic oxidation sites excluding steroid dienone is 2. The van der Waals surface area contributed by atoms with Crippen molar-refractivity contribution in [1.82, 2.24) is 20.0 Å². The van der Waals surface area contributed by atoms with E-state index < -0.39 is 23.8 Å². The Bertz CT molecular complexity index is 1720. The molecule has 2 saturated heterocycles. The number of aryl methyl sites for hydroxylation is 1. The van der Waals surface area contributed by atoms with Crippen LogP contribution in [0.5, 0.6) is 0 Å². The molecule has 10 nitrogen and oxygen atoms in total. The van der Waals surface area contributed by atoms with Gasteiger partial charge in [0, 0.05) is 75.4 Å². The Labute approximate surface area is 319 Å². The number of benzene rings is 2. The maximum absolute atomic E-state index is 14.4. The number of nitrogens with one attached hydrogen (secondary N) is 1. The molecule has 11 heteroatoms. The van der Waals surface area contributed by atoms with Crippen LogP contribution < -0.4 is 10.2 Å². The summed E-state index contributed by atoms with van der Waals surface area (Å²) in [6, 6.07) is 13.0. The molecule has 3 aliphatic heterocycles. The van der Waals surface area contributed by atoms with E-state index in [-0.39, 0.29) is 11.8 Å². The van der Waals surface area contributed by atoms with Gasteiger partial charge < -0.3 is 24.6 Å². The first-order valence-corrected chi connectivity index (χ1v) is 19.8. The fourth-order valence-electron chi connectivity index (χ4n) is 8.55. The lowest BCUT2D eigenvalue weighted by Gasteiger charge is -2.42. The topological polar surface area (TPSA) is 94.7 Å². The molecule has 1 unspecified atom stereocenters. The third-order valence-corrected chi connectivity index (χ3v) is 11.6. The Morgan fingerprint density at radius 2 is 1.72 bits per heavy atom. The molecule has 284 valence electrons. The molecule has 2 aromatic rings. The van der Waals surface area contributed by atoms with Gasteiger partial charge >= 0.3 is 6.09 Å². The molecular formula is C42H54ClN5O5. The molecule has 7 rings (SSSR count). The van der Waals surface area contributed by atoms with E-state index in [4.69, 9.17) is 21.1 Å². The van der Waals surface area contributed by atoms with Crippen LogP contribution >= 0.6 is 11.6 Å². The third-order valence-electron chi connectivity index (χ3n) is 11.4. The predicted molar refractivity (Wildman–Crippen MR) is 207 cm³/mol. The zero-order chi connectivity index (χ0) is 37.1. The molecule has 0 aromatic heterocycles. The van der Waals surface area contributed by atoms with Crippen LogP contribution in [0.1, 0.15) is 63.1 Å². The highest BCUT2D eigenvalue weighted by Crippen LogP contribution is 2.34. The number of amides is 3. The molecule has 53 heavy (non-hydrogen) atoms. The number of hydrogen-bond acceptors (Lipinski definition) is 7. The van der Waals surface area contributed by atoms with E-state index in [0.717, 1.165) is 68.7 Å². The lowest BCUT2D eigenvalue weighted by atomic mass is 9.85. The van der Waals surface area contributed by atoms with Gasteiger partial charge in [-0.2, -0.15) is 0 Å². The molecule has 0 saturated carbocycles. The van der Waals surface area contributed by atoms with Gasteiger partial charge in [-0.15, -0.1) is 0 Å². The number of piperazine rings is 1. The first-order chi connectivity index (χ1) is 25.5. The molecule has 2 aromatic carbocycles. The van der Waals surface area contributed by atoms with Crippen LogP contribution in [0.2, 0.25) is 5.02 Å². The van der Waals surface area contributed by atoms with Crippen molar-refractivity contribution in [2.24, 2.45) is 0 Å². The van der Waals surface area contributed by atoms with Crippen molar-refractivity contribution >= 4 is 35.2 Å². The van der Waals surface area contributed by atoms with Crippen LogP contribution in [-0.2, 0) is 38.3 Å². The first kappa shape index (κ1) is 37.5. The summed E-state index contributed by atoms with van der Waals surface area (Å²) in [5.41, 5.74) is 6.59. The molecule has 3 amide bonds.